The lowest BCUT2D eigenvalue weighted by Gasteiger charge is -2.24. The number of hydrogen-bond acceptors (Lipinski definition) is 6. The van der Waals surface area contributed by atoms with Crippen molar-refractivity contribution in [2.75, 3.05) is 11.4 Å². The van der Waals surface area contributed by atoms with Gasteiger partial charge in [-0.1, -0.05) is 25.2 Å². The van der Waals surface area contributed by atoms with Crippen LogP contribution >= 0.6 is 11.3 Å². The van der Waals surface area contributed by atoms with E-state index in [2.05, 4.69) is 10.2 Å². The molecule has 0 saturated heterocycles. The Morgan fingerprint density at radius 3 is 2.32 bits per heavy atom. The predicted molar refractivity (Wildman–Crippen MR) is 70.7 cm³/mol. The topological polar surface area (TPSA) is 104 Å². The molecule has 0 amide bonds. The average Bonchev–Trinajstić information content (AvgIpc) is 2.78. The molecule has 19 heavy (non-hydrogen) atoms. The summed E-state index contributed by atoms with van der Waals surface area (Å²) in [6, 6.07) is -0.840. The largest absolute Gasteiger partial charge is 0.481 e. The number of rotatable bonds is 7. The number of carbonyl (C=O) groups is 2. The number of carboxylic acid groups (broad SMARTS) is 2. The zero-order valence-corrected chi connectivity index (χ0v) is 11.8. The molecule has 7 nitrogen and oxygen atoms in total. The highest BCUT2D eigenvalue weighted by Gasteiger charge is 2.25. The first kappa shape index (κ1) is 15.4. The van der Waals surface area contributed by atoms with Crippen molar-refractivity contribution >= 4 is 28.4 Å². The third-order valence-corrected chi connectivity index (χ3v) is 3.82. The molecule has 0 saturated carbocycles. The van der Waals surface area contributed by atoms with Crippen LogP contribution in [0.4, 0.5) is 5.13 Å². The molecular weight excluding hydrogens is 270 g/mol. The maximum Gasteiger partial charge on any atom is 0.326 e. The van der Waals surface area contributed by atoms with Gasteiger partial charge in [-0.05, 0) is 6.92 Å². The van der Waals surface area contributed by atoms with Crippen LogP contribution in [0.1, 0.15) is 38.1 Å². The second kappa shape index (κ2) is 6.46. The van der Waals surface area contributed by atoms with Gasteiger partial charge in [0.1, 0.15) is 11.0 Å². The molecule has 8 heteroatoms. The number of anilines is 1. The van der Waals surface area contributed by atoms with Crippen LogP contribution in [0.15, 0.2) is 0 Å². The number of carboxylic acids is 2. The molecule has 0 aliphatic heterocycles. The fourth-order valence-electron chi connectivity index (χ4n) is 1.38. The van der Waals surface area contributed by atoms with Crippen LogP contribution in [0.3, 0.4) is 0 Å². The molecule has 0 aromatic carbocycles. The average molecular weight is 287 g/mol. The fourth-order valence-corrected chi connectivity index (χ4v) is 2.33. The fraction of sp³-hybridized carbons (Fsp3) is 0.636. The molecule has 0 radical (unpaired) electrons. The molecule has 1 atom stereocenters. The number of aromatic nitrogens is 2. The quantitative estimate of drug-likeness (QED) is 0.781. The zero-order chi connectivity index (χ0) is 14.6. The Morgan fingerprint density at radius 2 is 1.89 bits per heavy atom. The Balaban J connectivity index is 2.93. The Labute approximate surface area is 114 Å². The van der Waals surface area contributed by atoms with Crippen molar-refractivity contribution in [1.82, 2.24) is 10.2 Å². The van der Waals surface area contributed by atoms with Crippen LogP contribution < -0.4 is 4.90 Å². The van der Waals surface area contributed by atoms with E-state index in [-0.39, 0.29) is 18.9 Å². The number of nitrogens with zero attached hydrogens (tertiary/aromatic N) is 3. The third-order valence-electron chi connectivity index (χ3n) is 2.56. The van der Waals surface area contributed by atoms with Crippen molar-refractivity contribution in [3.05, 3.63) is 5.01 Å². The van der Waals surface area contributed by atoms with Crippen LogP contribution in [-0.2, 0) is 9.59 Å². The van der Waals surface area contributed by atoms with Crippen LogP contribution in [0.25, 0.3) is 0 Å². The number of aliphatic carboxylic acids is 2. The summed E-state index contributed by atoms with van der Waals surface area (Å²) in [5.74, 6) is -1.80. The lowest BCUT2D eigenvalue weighted by atomic mass is 10.2. The highest BCUT2D eigenvalue weighted by atomic mass is 32.1. The van der Waals surface area contributed by atoms with Crippen molar-refractivity contribution in [3.8, 4) is 0 Å². The predicted octanol–water partition coefficient (Wildman–Crippen LogP) is 1.42. The van der Waals surface area contributed by atoms with Gasteiger partial charge in [0.25, 0.3) is 0 Å². The molecule has 0 bridgehead atoms. The Hall–Kier alpha value is -1.70. The molecule has 1 aromatic rings. The molecule has 0 fully saturated rings. The molecule has 0 aliphatic carbocycles. The minimum Gasteiger partial charge on any atom is -0.481 e. The van der Waals surface area contributed by atoms with Gasteiger partial charge in [0, 0.05) is 12.5 Å². The van der Waals surface area contributed by atoms with Gasteiger partial charge >= 0.3 is 11.9 Å². The Bertz CT molecular complexity index is 461. The van der Waals surface area contributed by atoms with E-state index in [0.29, 0.717) is 5.13 Å². The minimum absolute atomic E-state index is 0.0928. The third kappa shape index (κ3) is 4.16. The number of hydrogen-bond donors (Lipinski definition) is 2. The summed E-state index contributed by atoms with van der Waals surface area (Å²) < 4.78 is 0. The van der Waals surface area contributed by atoms with Gasteiger partial charge in [-0.25, -0.2) is 4.79 Å². The van der Waals surface area contributed by atoms with E-state index in [1.54, 1.807) is 0 Å². The highest BCUT2D eigenvalue weighted by Crippen LogP contribution is 2.27. The van der Waals surface area contributed by atoms with Crippen molar-refractivity contribution in [2.45, 2.75) is 39.2 Å². The first-order valence-electron chi connectivity index (χ1n) is 5.87. The van der Waals surface area contributed by atoms with Crippen LogP contribution in [0.2, 0.25) is 0 Å². The Morgan fingerprint density at radius 1 is 1.26 bits per heavy atom. The standard InChI is InChI=1S/C11H17N3O4S/c1-6(2)9-12-13-11(19-9)14(5-4-8(15)16)7(3)10(17)18/h6-7H,4-5H2,1-3H3,(H,15,16)(H,17,18). The molecular formula is C11H17N3O4S. The lowest BCUT2D eigenvalue weighted by molar-refractivity contribution is -0.139. The van der Waals surface area contributed by atoms with E-state index in [0.717, 1.165) is 5.01 Å². The molecule has 1 unspecified atom stereocenters. The maximum atomic E-state index is 11.1. The molecule has 1 rings (SSSR count). The second-order valence-corrected chi connectivity index (χ2v) is 5.42. The first-order valence-corrected chi connectivity index (χ1v) is 6.69. The van der Waals surface area contributed by atoms with Crippen molar-refractivity contribution in [2.24, 2.45) is 0 Å². The molecule has 106 valence electrons. The van der Waals surface area contributed by atoms with Crippen molar-refractivity contribution in [3.63, 3.8) is 0 Å². The summed E-state index contributed by atoms with van der Waals surface area (Å²) in [7, 11) is 0. The van der Waals surface area contributed by atoms with Gasteiger partial charge in [0.15, 0.2) is 0 Å². The van der Waals surface area contributed by atoms with Gasteiger partial charge in [-0.3, -0.25) is 4.79 Å². The smallest absolute Gasteiger partial charge is 0.326 e. The van der Waals surface area contributed by atoms with E-state index >= 15 is 0 Å². The second-order valence-electron chi connectivity index (χ2n) is 4.43. The molecule has 1 aromatic heterocycles. The van der Waals surface area contributed by atoms with E-state index in [9.17, 15) is 9.59 Å². The molecule has 1 heterocycles. The van der Waals surface area contributed by atoms with Crippen LogP contribution in [0.5, 0.6) is 0 Å². The minimum atomic E-state index is -1.02. The summed E-state index contributed by atoms with van der Waals surface area (Å²) in [6.45, 7) is 5.52. The van der Waals surface area contributed by atoms with E-state index in [1.165, 1.54) is 23.2 Å². The molecule has 0 spiro atoms. The van der Waals surface area contributed by atoms with Gasteiger partial charge in [-0.2, -0.15) is 0 Å². The zero-order valence-electron chi connectivity index (χ0n) is 11.0. The lowest BCUT2D eigenvalue weighted by Crippen LogP contribution is -2.40. The molecule has 0 aliphatic rings. The van der Waals surface area contributed by atoms with Gasteiger partial charge in [-0.15, -0.1) is 10.2 Å². The summed E-state index contributed by atoms with van der Waals surface area (Å²) in [5.41, 5.74) is 0. The maximum absolute atomic E-state index is 11.1. The van der Waals surface area contributed by atoms with Gasteiger partial charge in [0.2, 0.25) is 5.13 Å². The van der Waals surface area contributed by atoms with Crippen molar-refractivity contribution in [1.29, 1.82) is 0 Å². The summed E-state index contributed by atoms with van der Waals surface area (Å²) in [4.78, 5) is 23.2. The Kier molecular flexibility index (Phi) is 5.22. The SMILES string of the molecule is CC(C)c1nnc(N(CCC(=O)O)C(C)C(=O)O)s1. The highest BCUT2D eigenvalue weighted by molar-refractivity contribution is 7.15. The van der Waals surface area contributed by atoms with Crippen LogP contribution in [0, 0.1) is 0 Å². The summed E-state index contributed by atoms with van der Waals surface area (Å²) in [6.07, 6.45) is -0.145. The summed E-state index contributed by atoms with van der Waals surface area (Å²) in [5, 5.41) is 27.0. The normalized spacial score (nSPS) is 12.4. The monoisotopic (exact) mass is 287 g/mol. The van der Waals surface area contributed by atoms with Crippen molar-refractivity contribution < 1.29 is 19.8 Å². The van der Waals surface area contributed by atoms with Gasteiger partial charge < -0.3 is 15.1 Å². The molecule has 2 N–H and O–H groups in total. The first-order chi connectivity index (χ1) is 8.82. The summed E-state index contributed by atoms with van der Waals surface area (Å²) >= 11 is 1.29. The van der Waals surface area contributed by atoms with E-state index < -0.39 is 18.0 Å². The van der Waals surface area contributed by atoms with Gasteiger partial charge in [0.05, 0.1) is 6.42 Å². The van der Waals surface area contributed by atoms with E-state index in [4.69, 9.17) is 10.2 Å². The van der Waals surface area contributed by atoms with Crippen LogP contribution in [-0.4, -0.2) is 44.9 Å². The van der Waals surface area contributed by atoms with E-state index in [1.807, 2.05) is 13.8 Å².